The summed E-state index contributed by atoms with van der Waals surface area (Å²) in [5.41, 5.74) is 2.19. The van der Waals surface area contributed by atoms with E-state index in [1.165, 1.54) is 6.07 Å². The Morgan fingerprint density at radius 1 is 1.17 bits per heavy atom. The molecule has 4 nitrogen and oxygen atoms in total. The van der Waals surface area contributed by atoms with Gasteiger partial charge in [0.15, 0.2) is 0 Å². The molecule has 2 amide bonds. The van der Waals surface area contributed by atoms with Crippen LogP contribution in [0.2, 0.25) is 0 Å². The number of likely N-dealkylation sites (N-methyl/N-ethyl adjacent to an activating group) is 1. The summed E-state index contributed by atoms with van der Waals surface area (Å²) in [6.45, 7) is 1.88. The molecular weight excluding hydrogens is 295 g/mol. The zero-order valence-corrected chi connectivity index (χ0v) is 13.3. The Kier molecular flexibility index (Phi) is 8.07. The number of benzene rings is 2. The second-order valence-electron chi connectivity index (χ2n) is 4.76. The summed E-state index contributed by atoms with van der Waals surface area (Å²) in [6.07, 6.45) is 1.66. The highest BCUT2D eigenvalue weighted by Crippen LogP contribution is 2.14. The van der Waals surface area contributed by atoms with Crippen molar-refractivity contribution < 1.29 is 14.0 Å². The maximum atomic E-state index is 13.0. The Morgan fingerprint density at radius 3 is 2.39 bits per heavy atom. The Hall–Kier alpha value is -2.69. The molecule has 23 heavy (non-hydrogen) atoms. The number of aryl methyl sites for hydroxylation is 1. The zero-order valence-electron chi connectivity index (χ0n) is 13.3. The average Bonchev–Trinajstić information content (AvgIpc) is 2.57. The van der Waals surface area contributed by atoms with Gasteiger partial charge < -0.3 is 10.6 Å². The van der Waals surface area contributed by atoms with Gasteiger partial charge in [-0.05, 0) is 29.7 Å². The number of rotatable bonds is 5. The van der Waals surface area contributed by atoms with Crippen LogP contribution in [0.5, 0.6) is 0 Å². The van der Waals surface area contributed by atoms with Gasteiger partial charge in [-0.2, -0.15) is 0 Å². The minimum absolute atomic E-state index is 0.0520. The third-order valence-electron chi connectivity index (χ3n) is 3.15. The van der Waals surface area contributed by atoms with Gasteiger partial charge in [0, 0.05) is 12.7 Å². The molecule has 0 fully saturated rings. The van der Waals surface area contributed by atoms with Crippen LogP contribution in [-0.2, 0) is 22.4 Å². The summed E-state index contributed by atoms with van der Waals surface area (Å²) in [7, 11) is 1.64. The van der Waals surface area contributed by atoms with Crippen molar-refractivity contribution in [2.45, 2.75) is 19.8 Å². The second kappa shape index (κ2) is 10.1. The normalized spacial score (nSPS) is 9.35. The van der Waals surface area contributed by atoms with Gasteiger partial charge in [0.05, 0.1) is 6.42 Å². The quantitative estimate of drug-likeness (QED) is 0.833. The van der Waals surface area contributed by atoms with Gasteiger partial charge in [-0.1, -0.05) is 43.3 Å². The number of amides is 2. The van der Waals surface area contributed by atoms with Crippen molar-refractivity contribution in [3.8, 4) is 0 Å². The molecule has 0 unspecified atom stereocenters. The number of anilines is 1. The van der Waals surface area contributed by atoms with Gasteiger partial charge in [-0.15, -0.1) is 0 Å². The summed E-state index contributed by atoms with van der Waals surface area (Å²) >= 11 is 0. The average molecular weight is 316 g/mol. The molecule has 0 aliphatic carbocycles. The fourth-order valence-electron chi connectivity index (χ4n) is 1.86. The van der Waals surface area contributed by atoms with Crippen LogP contribution >= 0.6 is 0 Å². The first kappa shape index (κ1) is 18.4. The number of hydrogen-bond donors (Lipinski definition) is 2. The highest BCUT2D eigenvalue weighted by Gasteiger charge is 2.00. The monoisotopic (exact) mass is 316 g/mol. The molecule has 2 N–H and O–H groups in total. The standard InChI is InChI=1S/C9H10FNO.C9H11NO/c1-2-7-3-4-8(11-6-12)5-9(7)10;1-10-9(11)7-8-5-3-2-4-6-8/h3-6H,2H2,1H3,(H,11,12);2-6H,7H2,1H3,(H,10,11). The molecule has 0 saturated carbocycles. The molecule has 0 saturated heterocycles. The molecule has 0 radical (unpaired) electrons. The third kappa shape index (κ3) is 6.74. The number of halogens is 1. The van der Waals surface area contributed by atoms with Gasteiger partial charge in [-0.25, -0.2) is 4.39 Å². The van der Waals surface area contributed by atoms with Crippen molar-refractivity contribution in [2.75, 3.05) is 12.4 Å². The van der Waals surface area contributed by atoms with Crippen molar-refractivity contribution in [1.82, 2.24) is 5.32 Å². The van der Waals surface area contributed by atoms with E-state index in [9.17, 15) is 14.0 Å². The predicted molar refractivity (Wildman–Crippen MR) is 89.7 cm³/mol. The van der Waals surface area contributed by atoms with E-state index in [4.69, 9.17) is 0 Å². The number of nitrogens with one attached hydrogen (secondary N) is 2. The molecule has 0 aliphatic rings. The molecule has 2 rings (SSSR count). The fourth-order valence-corrected chi connectivity index (χ4v) is 1.86. The van der Waals surface area contributed by atoms with Crippen molar-refractivity contribution >= 4 is 18.0 Å². The lowest BCUT2D eigenvalue weighted by Gasteiger charge is -2.01. The predicted octanol–water partition coefficient (Wildman–Crippen LogP) is 2.93. The molecule has 0 aliphatic heterocycles. The van der Waals surface area contributed by atoms with Crippen LogP contribution in [0.15, 0.2) is 48.5 Å². The first-order valence-corrected chi connectivity index (χ1v) is 7.33. The summed E-state index contributed by atoms with van der Waals surface area (Å²) in [5.74, 6) is -0.222. The highest BCUT2D eigenvalue weighted by molar-refractivity contribution is 5.78. The molecular formula is C18H21FN2O2. The van der Waals surface area contributed by atoms with Crippen molar-refractivity contribution in [3.05, 3.63) is 65.5 Å². The van der Waals surface area contributed by atoms with Crippen molar-refractivity contribution in [2.24, 2.45) is 0 Å². The van der Waals surface area contributed by atoms with E-state index in [-0.39, 0.29) is 11.7 Å². The van der Waals surface area contributed by atoms with Crippen molar-refractivity contribution in [3.63, 3.8) is 0 Å². The van der Waals surface area contributed by atoms with E-state index < -0.39 is 0 Å². The maximum absolute atomic E-state index is 13.0. The Labute approximate surface area is 135 Å². The minimum Gasteiger partial charge on any atom is -0.359 e. The van der Waals surface area contributed by atoms with Crippen LogP contribution in [0.3, 0.4) is 0 Å². The first-order chi connectivity index (χ1) is 11.1. The summed E-state index contributed by atoms with van der Waals surface area (Å²) in [5, 5.41) is 4.95. The van der Waals surface area contributed by atoms with E-state index >= 15 is 0 Å². The van der Waals surface area contributed by atoms with Crippen LogP contribution in [0.1, 0.15) is 18.1 Å². The van der Waals surface area contributed by atoms with Gasteiger partial charge in [0.25, 0.3) is 0 Å². The highest BCUT2D eigenvalue weighted by atomic mass is 19.1. The molecule has 2 aromatic carbocycles. The SMILES string of the molecule is CCc1ccc(NC=O)cc1F.CNC(=O)Cc1ccccc1. The van der Waals surface area contributed by atoms with E-state index in [0.717, 1.165) is 5.56 Å². The largest absolute Gasteiger partial charge is 0.359 e. The fraction of sp³-hybridized carbons (Fsp3) is 0.222. The van der Waals surface area contributed by atoms with Crippen LogP contribution in [0, 0.1) is 5.82 Å². The van der Waals surface area contributed by atoms with Crippen LogP contribution in [-0.4, -0.2) is 19.4 Å². The van der Waals surface area contributed by atoms with Crippen molar-refractivity contribution in [1.29, 1.82) is 0 Å². The second-order valence-corrected chi connectivity index (χ2v) is 4.76. The molecule has 0 aromatic heterocycles. The molecule has 2 aromatic rings. The van der Waals surface area contributed by atoms with E-state index in [2.05, 4.69) is 10.6 Å². The smallest absolute Gasteiger partial charge is 0.224 e. The topological polar surface area (TPSA) is 58.2 Å². The van der Waals surface area contributed by atoms with Crippen LogP contribution in [0.4, 0.5) is 10.1 Å². The molecule has 122 valence electrons. The lowest BCUT2D eigenvalue weighted by Crippen LogP contribution is -2.19. The summed E-state index contributed by atoms with van der Waals surface area (Å²) in [4.78, 5) is 20.9. The summed E-state index contributed by atoms with van der Waals surface area (Å²) < 4.78 is 13.0. The number of carbonyl (C=O) groups excluding carboxylic acids is 2. The third-order valence-corrected chi connectivity index (χ3v) is 3.15. The van der Waals surface area contributed by atoms with Gasteiger partial charge in [0.1, 0.15) is 5.82 Å². The van der Waals surface area contributed by atoms with Gasteiger partial charge in [-0.3, -0.25) is 9.59 Å². The molecule has 0 heterocycles. The Bertz CT molecular complexity index is 630. The Morgan fingerprint density at radius 2 is 1.87 bits per heavy atom. The maximum Gasteiger partial charge on any atom is 0.224 e. The molecule has 0 bridgehead atoms. The van der Waals surface area contributed by atoms with E-state index in [0.29, 0.717) is 30.5 Å². The Balaban J connectivity index is 0.000000231. The lowest BCUT2D eigenvalue weighted by molar-refractivity contribution is -0.120. The van der Waals surface area contributed by atoms with E-state index in [1.54, 1.807) is 19.2 Å². The van der Waals surface area contributed by atoms with Crippen LogP contribution < -0.4 is 10.6 Å². The number of carbonyl (C=O) groups is 2. The molecule has 0 spiro atoms. The molecule has 5 heteroatoms. The lowest BCUT2D eigenvalue weighted by atomic mass is 10.1. The summed E-state index contributed by atoms with van der Waals surface area (Å²) in [6, 6.07) is 14.3. The first-order valence-electron chi connectivity index (χ1n) is 7.33. The van der Waals surface area contributed by atoms with Gasteiger partial charge in [0.2, 0.25) is 12.3 Å². The van der Waals surface area contributed by atoms with Gasteiger partial charge >= 0.3 is 0 Å². The number of hydrogen-bond acceptors (Lipinski definition) is 2. The minimum atomic E-state index is -0.274. The zero-order chi connectivity index (χ0) is 17.1. The van der Waals surface area contributed by atoms with Crippen LogP contribution in [0.25, 0.3) is 0 Å². The molecule has 0 atom stereocenters. The van der Waals surface area contributed by atoms with E-state index in [1.807, 2.05) is 37.3 Å².